The van der Waals surface area contributed by atoms with Crippen molar-refractivity contribution in [2.75, 3.05) is 54.1 Å². The van der Waals surface area contributed by atoms with Crippen LogP contribution in [0.2, 0.25) is 0 Å². The molecule has 0 rings (SSSR count). The van der Waals surface area contributed by atoms with Gasteiger partial charge >= 0.3 is 5.97 Å². The Morgan fingerprint density at radius 1 is 0.525 bits per heavy atom. The summed E-state index contributed by atoms with van der Waals surface area (Å²) < 4.78 is 34.6. The van der Waals surface area contributed by atoms with Gasteiger partial charge in [-0.15, -0.1) is 0 Å². The van der Waals surface area contributed by atoms with E-state index in [4.69, 9.17) is 18.5 Å². The lowest BCUT2D eigenvalue weighted by molar-refractivity contribution is -0.870. The zero-order valence-electron chi connectivity index (χ0n) is 38.2. The number of nitrogens with zero attached hydrogens (tertiary/aromatic N) is 1. The lowest BCUT2D eigenvalue weighted by Gasteiger charge is -2.28. The third kappa shape index (κ3) is 46.3. The Bertz CT molecular complexity index is 1260. The summed E-state index contributed by atoms with van der Waals surface area (Å²) in [6.45, 7) is 5.08. The van der Waals surface area contributed by atoms with E-state index in [0.29, 0.717) is 17.6 Å². The first-order chi connectivity index (χ1) is 28.6. The number of esters is 1. The topological polar surface area (TPSA) is 94.1 Å². The van der Waals surface area contributed by atoms with Crippen LogP contribution in [-0.4, -0.2) is 70.7 Å². The summed E-state index contributed by atoms with van der Waals surface area (Å²) in [5, 5.41) is 0. The second kappa shape index (κ2) is 42.1. The molecule has 0 aromatic carbocycles. The Kier molecular flexibility index (Phi) is 40.3. The number of carbonyl (C=O) groups excluding carboxylic acids is 1. The molecule has 0 bridgehead atoms. The summed E-state index contributed by atoms with van der Waals surface area (Å²) in [4.78, 5) is 25.1. The highest BCUT2D eigenvalue weighted by molar-refractivity contribution is 7.45. The van der Waals surface area contributed by atoms with Crippen molar-refractivity contribution in [1.82, 2.24) is 0 Å². The van der Waals surface area contributed by atoms with Crippen molar-refractivity contribution in [1.29, 1.82) is 0 Å². The standard InChI is InChI=1S/C50H86NO7P/c1-6-8-10-12-14-16-18-20-22-23-24-25-26-27-28-29-30-31-33-35-37-39-41-43-50(52)58-49(48-57-59(53,54)56-46-44-51(3,4)5)47-55-45-42-40-38-36-34-32-21-19-17-15-13-11-9-7-2/h8-11,14-17,20-22,24-25,27-28,32,49H,6-7,12-13,18-19,23,26,29-31,33-48H2,1-5H3/b10-8-,11-9-,16-14-,17-15-,22-20-,25-24-,28-27-,32-21-. The molecule has 0 aliphatic heterocycles. The van der Waals surface area contributed by atoms with Crippen molar-refractivity contribution in [3.63, 3.8) is 0 Å². The zero-order valence-corrected chi connectivity index (χ0v) is 39.1. The number of allylic oxidation sites excluding steroid dienone is 16. The fourth-order valence-corrected chi connectivity index (χ4v) is 6.37. The molecule has 0 saturated carbocycles. The van der Waals surface area contributed by atoms with E-state index in [1.807, 2.05) is 21.1 Å². The summed E-state index contributed by atoms with van der Waals surface area (Å²) in [7, 11) is 1.31. The molecule has 0 aliphatic carbocycles. The highest BCUT2D eigenvalue weighted by Crippen LogP contribution is 2.38. The van der Waals surface area contributed by atoms with E-state index in [-0.39, 0.29) is 32.2 Å². The Balaban J connectivity index is 4.26. The molecule has 338 valence electrons. The molecule has 59 heavy (non-hydrogen) atoms. The Hall–Kier alpha value is -2.58. The molecule has 2 unspecified atom stereocenters. The third-order valence-corrected chi connectivity index (χ3v) is 10.1. The number of unbranched alkanes of at least 4 members (excludes halogenated alkanes) is 11. The molecular weight excluding hydrogens is 758 g/mol. The number of carbonyl (C=O) groups is 1. The van der Waals surface area contributed by atoms with Crippen LogP contribution in [-0.2, 0) is 27.9 Å². The number of hydrogen-bond donors (Lipinski definition) is 0. The summed E-state index contributed by atoms with van der Waals surface area (Å²) in [5.74, 6) is -0.359. The average molecular weight is 844 g/mol. The fraction of sp³-hybridized carbons (Fsp3) is 0.660. The molecule has 0 aromatic rings. The van der Waals surface area contributed by atoms with Crippen LogP contribution in [0.3, 0.4) is 0 Å². The van der Waals surface area contributed by atoms with E-state index < -0.39 is 13.9 Å². The van der Waals surface area contributed by atoms with Crippen LogP contribution >= 0.6 is 7.82 Å². The number of ether oxygens (including phenoxy) is 2. The van der Waals surface area contributed by atoms with Crippen molar-refractivity contribution in [3.05, 3.63) is 97.2 Å². The van der Waals surface area contributed by atoms with Gasteiger partial charge in [-0.25, -0.2) is 0 Å². The molecule has 0 N–H and O–H groups in total. The van der Waals surface area contributed by atoms with Gasteiger partial charge in [0.2, 0.25) is 0 Å². The first-order valence-electron chi connectivity index (χ1n) is 23.0. The molecule has 0 spiro atoms. The summed E-state index contributed by atoms with van der Waals surface area (Å²) in [6, 6.07) is 0. The molecule has 0 radical (unpaired) electrons. The lowest BCUT2D eigenvalue weighted by atomic mass is 10.1. The van der Waals surface area contributed by atoms with Crippen molar-refractivity contribution >= 4 is 13.8 Å². The van der Waals surface area contributed by atoms with Crippen molar-refractivity contribution < 1.29 is 37.3 Å². The van der Waals surface area contributed by atoms with Gasteiger partial charge in [-0.05, 0) is 89.9 Å². The van der Waals surface area contributed by atoms with Gasteiger partial charge in [-0.1, -0.05) is 156 Å². The number of likely N-dealkylation sites (N-methyl/N-ethyl adjacent to an activating group) is 1. The molecule has 2 atom stereocenters. The van der Waals surface area contributed by atoms with E-state index in [2.05, 4.69) is 111 Å². The van der Waals surface area contributed by atoms with E-state index in [1.54, 1.807) is 0 Å². The molecule has 0 heterocycles. The predicted molar refractivity (Wildman–Crippen MR) is 249 cm³/mol. The second-order valence-corrected chi connectivity index (χ2v) is 17.4. The zero-order chi connectivity index (χ0) is 43.4. The summed E-state index contributed by atoms with van der Waals surface area (Å²) >= 11 is 0. The third-order valence-electron chi connectivity index (χ3n) is 9.13. The quantitative estimate of drug-likeness (QED) is 0.0199. The Morgan fingerprint density at radius 3 is 1.39 bits per heavy atom. The van der Waals surface area contributed by atoms with Crippen LogP contribution in [0, 0.1) is 0 Å². The molecule has 0 aliphatic rings. The van der Waals surface area contributed by atoms with E-state index in [0.717, 1.165) is 116 Å². The molecule has 0 amide bonds. The number of rotatable bonds is 41. The maximum Gasteiger partial charge on any atom is 0.306 e. The highest BCUT2D eigenvalue weighted by atomic mass is 31.2. The van der Waals surface area contributed by atoms with Crippen molar-refractivity contribution in [2.24, 2.45) is 0 Å². The van der Waals surface area contributed by atoms with Gasteiger partial charge in [0.25, 0.3) is 7.82 Å². The predicted octanol–water partition coefficient (Wildman–Crippen LogP) is 13.2. The largest absolute Gasteiger partial charge is 0.756 e. The second-order valence-electron chi connectivity index (χ2n) is 16.0. The number of phosphoric acid groups is 1. The van der Waals surface area contributed by atoms with E-state index in [9.17, 15) is 14.3 Å². The molecule has 8 nitrogen and oxygen atoms in total. The number of quaternary nitrogens is 1. The maximum absolute atomic E-state index is 12.7. The van der Waals surface area contributed by atoms with Crippen LogP contribution < -0.4 is 4.89 Å². The van der Waals surface area contributed by atoms with Gasteiger partial charge in [-0.2, -0.15) is 0 Å². The van der Waals surface area contributed by atoms with Crippen LogP contribution in [0.5, 0.6) is 0 Å². The van der Waals surface area contributed by atoms with Crippen molar-refractivity contribution in [3.8, 4) is 0 Å². The van der Waals surface area contributed by atoms with Gasteiger partial charge in [0.1, 0.15) is 19.3 Å². The number of hydrogen-bond acceptors (Lipinski definition) is 7. The molecular formula is C50H86NO7P. The normalized spacial score (nSPS) is 14.6. The first kappa shape index (κ1) is 56.4. The van der Waals surface area contributed by atoms with Gasteiger partial charge in [0.15, 0.2) is 0 Å². The maximum atomic E-state index is 12.7. The van der Waals surface area contributed by atoms with Crippen molar-refractivity contribution in [2.45, 2.75) is 161 Å². The lowest BCUT2D eigenvalue weighted by Crippen LogP contribution is -2.37. The minimum absolute atomic E-state index is 0.0132. The van der Waals surface area contributed by atoms with Gasteiger partial charge in [-0.3, -0.25) is 9.36 Å². The number of phosphoric ester groups is 1. The van der Waals surface area contributed by atoms with Crippen LogP contribution in [0.15, 0.2) is 97.2 Å². The average Bonchev–Trinajstić information content (AvgIpc) is 3.19. The van der Waals surface area contributed by atoms with Gasteiger partial charge < -0.3 is 27.9 Å². The van der Waals surface area contributed by atoms with E-state index in [1.165, 1.54) is 19.3 Å². The van der Waals surface area contributed by atoms with Crippen LogP contribution in [0.25, 0.3) is 0 Å². The first-order valence-corrected chi connectivity index (χ1v) is 24.4. The molecule has 0 fully saturated rings. The van der Waals surface area contributed by atoms with Gasteiger partial charge in [0, 0.05) is 13.0 Å². The minimum atomic E-state index is -4.54. The Morgan fingerprint density at radius 2 is 0.932 bits per heavy atom. The molecule has 9 heteroatoms. The highest BCUT2D eigenvalue weighted by Gasteiger charge is 2.20. The molecule has 0 saturated heterocycles. The smallest absolute Gasteiger partial charge is 0.306 e. The Labute approximate surface area is 362 Å². The minimum Gasteiger partial charge on any atom is -0.756 e. The SMILES string of the molecule is CC/C=C\C/C=C\C/C=C\C/C=C\C/C=C\CCCCCCCCCC(=O)OC(COCCCCCC/C=C\C/C=C\C/C=C\CC)COP(=O)([O-])OCC[N+](C)(C)C. The fourth-order valence-electron chi connectivity index (χ4n) is 5.64. The van der Waals surface area contributed by atoms with Crippen LogP contribution in [0.4, 0.5) is 0 Å². The van der Waals surface area contributed by atoms with E-state index >= 15 is 0 Å². The van der Waals surface area contributed by atoms with Gasteiger partial charge in [0.05, 0.1) is 34.4 Å². The summed E-state index contributed by atoms with van der Waals surface area (Å²) in [5.41, 5.74) is 0. The van der Waals surface area contributed by atoms with Crippen LogP contribution in [0.1, 0.15) is 155 Å². The monoisotopic (exact) mass is 844 g/mol. The molecule has 0 aromatic heterocycles. The summed E-state index contributed by atoms with van der Waals surface area (Å²) in [6.07, 6.45) is 57.1.